The summed E-state index contributed by atoms with van der Waals surface area (Å²) < 4.78 is 16.6. The summed E-state index contributed by atoms with van der Waals surface area (Å²) in [4.78, 5) is 24.9. The van der Waals surface area contributed by atoms with Crippen molar-refractivity contribution in [3.63, 3.8) is 0 Å². The molecular formula is C26H24N4O5. The Balaban J connectivity index is 1.22. The number of nitrogens with zero attached hydrogens (tertiary/aromatic N) is 1. The van der Waals surface area contributed by atoms with Crippen molar-refractivity contribution in [3.05, 3.63) is 77.9 Å². The van der Waals surface area contributed by atoms with E-state index in [0.717, 1.165) is 23.1 Å². The van der Waals surface area contributed by atoms with Crippen LogP contribution in [0.3, 0.4) is 0 Å². The van der Waals surface area contributed by atoms with Crippen molar-refractivity contribution in [1.29, 1.82) is 0 Å². The number of nitrogens with one attached hydrogen (secondary N) is 3. The van der Waals surface area contributed by atoms with Crippen molar-refractivity contribution in [2.24, 2.45) is 0 Å². The Labute approximate surface area is 201 Å². The Morgan fingerprint density at radius 3 is 2.60 bits per heavy atom. The van der Waals surface area contributed by atoms with Crippen LogP contribution in [0.25, 0.3) is 10.9 Å². The van der Waals surface area contributed by atoms with Gasteiger partial charge in [0, 0.05) is 17.5 Å². The molecule has 0 aliphatic carbocycles. The van der Waals surface area contributed by atoms with E-state index in [0.29, 0.717) is 41.6 Å². The van der Waals surface area contributed by atoms with Gasteiger partial charge in [0.1, 0.15) is 6.61 Å². The van der Waals surface area contributed by atoms with Gasteiger partial charge in [-0.05, 0) is 41.5 Å². The van der Waals surface area contributed by atoms with Crippen LogP contribution in [0.5, 0.6) is 11.5 Å². The van der Waals surface area contributed by atoms with Crippen LogP contribution in [0.1, 0.15) is 17.5 Å². The molecule has 3 aromatic carbocycles. The van der Waals surface area contributed by atoms with Crippen LogP contribution in [0.2, 0.25) is 0 Å². The number of H-pyrrole nitrogens is 1. The summed E-state index contributed by atoms with van der Waals surface area (Å²) in [5, 5.41) is 13.3. The minimum atomic E-state index is -0.573. The summed E-state index contributed by atoms with van der Waals surface area (Å²) >= 11 is 0. The van der Waals surface area contributed by atoms with Gasteiger partial charge in [0.15, 0.2) is 17.3 Å². The highest BCUT2D eigenvalue weighted by atomic mass is 16.5. The highest BCUT2D eigenvalue weighted by Crippen LogP contribution is 2.31. The maximum Gasteiger partial charge on any atom is 0.411 e. The molecule has 35 heavy (non-hydrogen) atoms. The van der Waals surface area contributed by atoms with Crippen LogP contribution < -0.4 is 20.1 Å². The van der Waals surface area contributed by atoms with Crippen LogP contribution in [0, 0.1) is 0 Å². The number of carbonyl (C=O) groups is 2. The maximum absolute atomic E-state index is 12.7. The second-order valence-corrected chi connectivity index (χ2v) is 8.08. The number of aromatic nitrogens is 2. The molecule has 5 rings (SSSR count). The second kappa shape index (κ2) is 10.2. The average Bonchev–Trinajstić information content (AvgIpc) is 3.10. The van der Waals surface area contributed by atoms with Gasteiger partial charge >= 0.3 is 6.09 Å². The van der Waals surface area contributed by atoms with Crippen LogP contribution in [-0.2, 0) is 22.6 Å². The minimum Gasteiger partial charge on any atom is -0.490 e. The fraction of sp³-hybridized carbons (Fsp3) is 0.192. The SMILES string of the molecule is O=C(Cc1ccc2c(c1)OCCCO2)Nc1n[nH]c2ccc(NC(=O)OCc3ccccc3)cc12. The van der Waals surface area contributed by atoms with Crippen molar-refractivity contribution >= 4 is 34.4 Å². The summed E-state index contributed by atoms with van der Waals surface area (Å²) in [6.45, 7) is 1.36. The van der Waals surface area contributed by atoms with Gasteiger partial charge in [-0.1, -0.05) is 36.4 Å². The summed E-state index contributed by atoms with van der Waals surface area (Å²) in [6, 6.07) is 20.2. The maximum atomic E-state index is 12.7. The van der Waals surface area contributed by atoms with Gasteiger partial charge in [0.25, 0.3) is 0 Å². The topological polar surface area (TPSA) is 115 Å². The van der Waals surface area contributed by atoms with Crippen LogP contribution in [0.15, 0.2) is 66.7 Å². The quantitative estimate of drug-likeness (QED) is 0.376. The lowest BCUT2D eigenvalue weighted by molar-refractivity contribution is -0.115. The number of ether oxygens (including phenoxy) is 3. The molecule has 0 unspecified atom stereocenters. The Morgan fingerprint density at radius 1 is 0.914 bits per heavy atom. The molecule has 0 bridgehead atoms. The molecule has 3 N–H and O–H groups in total. The van der Waals surface area contributed by atoms with E-state index < -0.39 is 6.09 Å². The third kappa shape index (κ3) is 5.52. The van der Waals surface area contributed by atoms with Crippen molar-refractivity contribution in [2.45, 2.75) is 19.4 Å². The largest absolute Gasteiger partial charge is 0.490 e. The van der Waals surface area contributed by atoms with Gasteiger partial charge in [-0.3, -0.25) is 15.2 Å². The number of fused-ring (bicyclic) bond motifs is 2. The van der Waals surface area contributed by atoms with E-state index in [1.807, 2.05) is 48.5 Å². The molecular weight excluding hydrogens is 448 g/mol. The fourth-order valence-electron chi connectivity index (χ4n) is 3.74. The van der Waals surface area contributed by atoms with Crippen molar-refractivity contribution in [2.75, 3.05) is 23.8 Å². The van der Waals surface area contributed by atoms with E-state index in [4.69, 9.17) is 14.2 Å². The number of hydrogen-bond donors (Lipinski definition) is 3. The number of hydrogen-bond acceptors (Lipinski definition) is 6. The van der Waals surface area contributed by atoms with Crippen LogP contribution >= 0.6 is 0 Å². The first-order chi connectivity index (χ1) is 17.1. The van der Waals surface area contributed by atoms with E-state index in [2.05, 4.69) is 20.8 Å². The molecule has 1 aliphatic rings. The lowest BCUT2D eigenvalue weighted by Gasteiger charge is -2.09. The van der Waals surface area contributed by atoms with Crippen molar-refractivity contribution in [1.82, 2.24) is 10.2 Å². The summed E-state index contributed by atoms with van der Waals surface area (Å²) in [5.74, 6) is 1.48. The monoisotopic (exact) mass is 472 g/mol. The summed E-state index contributed by atoms with van der Waals surface area (Å²) in [6.07, 6.45) is 0.393. The Hall–Kier alpha value is -4.53. The van der Waals surface area contributed by atoms with E-state index in [9.17, 15) is 9.59 Å². The fourth-order valence-corrected chi connectivity index (χ4v) is 3.74. The molecule has 178 valence electrons. The highest BCUT2D eigenvalue weighted by molar-refractivity contribution is 6.02. The smallest absolute Gasteiger partial charge is 0.411 e. The molecule has 9 heteroatoms. The molecule has 2 amide bonds. The van der Waals surface area contributed by atoms with Crippen LogP contribution in [-0.4, -0.2) is 35.4 Å². The number of rotatable bonds is 6. The molecule has 9 nitrogen and oxygen atoms in total. The first kappa shape index (κ1) is 22.3. The predicted octanol–water partition coefficient (Wildman–Crippen LogP) is 4.65. The van der Waals surface area contributed by atoms with Crippen molar-refractivity contribution < 1.29 is 23.8 Å². The zero-order valence-electron chi connectivity index (χ0n) is 18.9. The number of benzene rings is 3. The third-order valence-electron chi connectivity index (χ3n) is 5.46. The van der Waals surface area contributed by atoms with E-state index in [-0.39, 0.29) is 18.9 Å². The Bertz CT molecular complexity index is 1350. The van der Waals surface area contributed by atoms with Gasteiger partial charge in [-0.15, -0.1) is 0 Å². The number of aromatic amines is 1. The molecule has 0 saturated carbocycles. The normalized spacial score (nSPS) is 12.6. The average molecular weight is 473 g/mol. The first-order valence-corrected chi connectivity index (χ1v) is 11.3. The molecule has 1 aliphatic heterocycles. The van der Waals surface area contributed by atoms with Gasteiger partial charge in [-0.25, -0.2) is 4.79 Å². The molecule has 2 heterocycles. The molecule has 4 aromatic rings. The zero-order chi connectivity index (χ0) is 24.0. The predicted molar refractivity (Wildman–Crippen MR) is 131 cm³/mol. The number of carbonyl (C=O) groups excluding carboxylic acids is 2. The highest BCUT2D eigenvalue weighted by Gasteiger charge is 2.15. The van der Waals surface area contributed by atoms with Crippen molar-refractivity contribution in [3.8, 4) is 11.5 Å². The van der Waals surface area contributed by atoms with Gasteiger partial charge in [0.2, 0.25) is 5.91 Å². The van der Waals surface area contributed by atoms with E-state index in [1.165, 1.54) is 0 Å². The Kier molecular flexibility index (Phi) is 6.47. The molecule has 0 saturated heterocycles. The molecule has 0 fully saturated rings. The third-order valence-corrected chi connectivity index (χ3v) is 5.46. The van der Waals surface area contributed by atoms with E-state index in [1.54, 1.807) is 18.2 Å². The van der Waals surface area contributed by atoms with Gasteiger partial charge < -0.3 is 19.5 Å². The summed E-state index contributed by atoms with van der Waals surface area (Å²) in [5.41, 5.74) is 2.94. The molecule has 0 atom stereocenters. The number of anilines is 2. The Morgan fingerprint density at radius 2 is 1.74 bits per heavy atom. The zero-order valence-corrected chi connectivity index (χ0v) is 18.9. The summed E-state index contributed by atoms with van der Waals surface area (Å²) in [7, 11) is 0. The van der Waals surface area contributed by atoms with E-state index >= 15 is 0 Å². The van der Waals surface area contributed by atoms with Gasteiger partial charge in [-0.2, -0.15) is 5.10 Å². The first-order valence-electron chi connectivity index (χ1n) is 11.3. The molecule has 1 aromatic heterocycles. The standard InChI is InChI=1S/C26H24N4O5/c31-24(14-18-7-10-22-23(13-18)34-12-4-11-33-22)28-25-20-15-19(8-9-21(20)29-30-25)27-26(32)35-16-17-5-2-1-3-6-17/h1-3,5-10,13,15H,4,11-12,14,16H2,(H,27,32)(H2,28,29,30,31). The molecule has 0 radical (unpaired) electrons. The van der Waals surface area contributed by atoms with Gasteiger partial charge in [0.05, 0.1) is 25.2 Å². The molecule has 0 spiro atoms. The number of amides is 2. The minimum absolute atomic E-state index is 0.148. The second-order valence-electron chi connectivity index (χ2n) is 8.08. The lowest BCUT2D eigenvalue weighted by atomic mass is 10.1. The lowest BCUT2D eigenvalue weighted by Crippen LogP contribution is -2.15. The van der Waals surface area contributed by atoms with Crippen LogP contribution in [0.4, 0.5) is 16.3 Å².